The van der Waals surface area contributed by atoms with Gasteiger partial charge < -0.3 is 4.74 Å². The molecule has 132 valence electrons. The van der Waals surface area contributed by atoms with Gasteiger partial charge in [-0.1, -0.05) is 34.1 Å². The number of morpholine rings is 1. The van der Waals surface area contributed by atoms with Crippen LogP contribution in [0.5, 0.6) is 0 Å². The van der Waals surface area contributed by atoms with E-state index in [1.165, 1.54) is 12.1 Å². The maximum absolute atomic E-state index is 10.6. The number of benzene rings is 1. The lowest BCUT2D eigenvalue weighted by molar-refractivity contribution is 0.0200. The number of ether oxygens (including phenoxy) is 1. The van der Waals surface area contributed by atoms with Gasteiger partial charge in [-0.25, -0.2) is 18.5 Å². The molecule has 1 aliphatic rings. The lowest BCUT2D eigenvalue weighted by Crippen LogP contribution is -2.41. The SMILES string of the molecule is BrC1CN(CCn2cncn2)CCO1.NS(=O)(=O)c1ccccc1. The average Bonchev–Trinajstić information content (AvgIpc) is 3.07. The first kappa shape index (κ1) is 19.0. The Balaban J connectivity index is 0.000000185. The predicted molar refractivity (Wildman–Crippen MR) is 92.9 cm³/mol. The second kappa shape index (κ2) is 9.23. The molecule has 1 saturated heterocycles. The van der Waals surface area contributed by atoms with Crippen molar-refractivity contribution in [2.45, 2.75) is 16.5 Å². The Morgan fingerprint density at radius 2 is 2.04 bits per heavy atom. The van der Waals surface area contributed by atoms with Gasteiger partial charge in [-0.15, -0.1) is 0 Å². The number of sulfonamides is 1. The standard InChI is InChI=1S/C8H13BrN4O.C6H7NO2S/c9-8-5-12(3-4-14-8)1-2-13-7-10-6-11-13;7-10(8,9)6-4-2-1-3-5-6/h6-8H,1-5H2;1-5H,(H2,7,8,9). The average molecular weight is 418 g/mol. The lowest BCUT2D eigenvalue weighted by atomic mass is 10.4. The zero-order valence-electron chi connectivity index (χ0n) is 13.0. The van der Waals surface area contributed by atoms with E-state index in [-0.39, 0.29) is 9.91 Å². The molecule has 2 N–H and O–H groups in total. The minimum Gasteiger partial charge on any atom is -0.364 e. The third kappa shape index (κ3) is 6.65. The van der Waals surface area contributed by atoms with Crippen LogP contribution in [-0.4, -0.2) is 59.3 Å². The summed E-state index contributed by atoms with van der Waals surface area (Å²) in [5, 5.41) is 9.06. The highest BCUT2D eigenvalue weighted by Gasteiger charge is 2.17. The van der Waals surface area contributed by atoms with Gasteiger partial charge in [0.2, 0.25) is 10.0 Å². The first-order chi connectivity index (χ1) is 11.4. The van der Waals surface area contributed by atoms with Crippen LogP contribution in [-0.2, 0) is 21.3 Å². The molecule has 1 aromatic heterocycles. The molecule has 0 spiro atoms. The van der Waals surface area contributed by atoms with Crippen LogP contribution < -0.4 is 5.14 Å². The fourth-order valence-electron chi connectivity index (χ4n) is 2.06. The first-order valence-electron chi connectivity index (χ1n) is 7.33. The fraction of sp³-hybridized carbons (Fsp3) is 0.429. The Bertz CT molecular complexity index is 696. The van der Waals surface area contributed by atoms with Gasteiger partial charge in [0.15, 0.2) is 0 Å². The van der Waals surface area contributed by atoms with Crippen LogP contribution in [0.2, 0.25) is 0 Å². The van der Waals surface area contributed by atoms with Crippen molar-refractivity contribution in [3.63, 3.8) is 0 Å². The summed E-state index contributed by atoms with van der Waals surface area (Å²) in [5.74, 6) is 0. The molecule has 1 fully saturated rings. The van der Waals surface area contributed by atoms with E-state index in [2.05, 4.69) is 30.9 Å². The van der Waals surface area contributed by atoms with Crippen LogP contribution in [0.25, 0.3) is 0 Å². The Labute approximate surface area is 149 Å². The number of alkyl halides is 1. The highest BCUT2D eigenvalue weighted by Crippen LogP contribution is 2.10. The summed E-state index contributed by atoms with van der Waals surface area (Å²) in [6, 6.07) is 7.89. The molecular weight excluding hydrogens is 398 g/mol. The van der Waals surface area contributed by atoms with Gasteiger partial charge in [0.25, 0.3) is 0 Å². The molecule has 0 radical (unpaired) electrons. The van der Waals surface area contributed by atoms with E-state index in [4.69, 9.17) is 9.88 Å². The van der Waals surface area contributed by atoms with Crippen LogP contribution in [0.15, 0.2) is 47.9 Å². The maximum Gasteiger partial charge on any atom is 0.238 e. The van der Waals surface area contributed by atoms with E-state index >= 15 is 0 Å². The summed E-state index contributed by atoms with van der Waals surface area (Å²) in [5.41, 5.74) is 0. The van der Waals surface area contributed by atoms with Crippen LogP contribution in [0.4, 0.5) is 0 Å². The van der Waals surface area contributed by atoms with E-state index < -0.39 is 10.0 Å². The van der Waals surface area contributed by atoms with Gasteiger partial charge in [0, 0.05) is 19.6 Å². The number of halogens is 1. The highest BCUT2D eigenvalue weighted by molar-refractivity contribution is 9.09. The number of nitrogens with two attached hydrogens (primary N) is 1. The van der Waals surface area contributed by atoms with E-state index in [1.807, 2.05) is 4.68 Å². The van der Waals surface area contributed by atoms with E-state index in [0.717, 1.165) is 32.8 Å². The van der Waals surface area contributed by atoms with Crippen molar-refractivity contribution in [3.05, 3.63) is 43.0 Å². The Morgan fingerprint density at radius 1 is 1.29 bits per heavy atom. The van der Waals surface area contributed by atoms with Crippen LogP contribution in [0.3, 0.4) is 0 Å². The minimum atomic E-state index is -3.50. The largest absolute Gasteiger partial charge is 0.364 e. The van der Waals surface area contributed by atoms with Crippen LogP contribution in [0.1, 0.15) is 0 Å². The molecule has 24 heavy (non-hydrogen) atoms. The van der Waals surface area contributed by atoms with Crippen molar-refractivity contribution in [2.24, 2.45) is 5.14 Å². The molecule has 2 heterocycles. The molecule has 10 heteroatoms. The molecule has 1 unspecified atom stereocenters. The van der Waals surface area contributed by atoms with Gasteiger partial charge in [-0.05, 0) is 12.1 Å². The smallest absolute Gasteiger partial charge is 0.238 e. The highest BCUT2D eigenvalue weighted by atomic mass is 79.9. The second-order valence-electron chi connectivity index (χ2n) is 5.10. The number of hydrogen-bond acceptors (Lipinski definition) is 6. The Hall–Kier alpha value is -1.33. The number of rotatable bonds is 4. The summed E-state index contributed by atoms with van der Waals surface area (Å²) in [6.07, 6.45) is 3.30. The topological polar surface area (TPSA) is 103 Å². The molecule has 0 amide bonds. The molecule has 0 saturated carbocycles. The quantitative estimate of drug-likeness (QED) is 0.732. The molecule has 3 rings (SSSR count). The van der Waals surface area contributed by atoms with Crippen molar-refractivity contribution in [3.8, 4) is 0 Å². The molecular formula is C14H20BrN5O3S. The number of primary sulfonamides is 1. The van der Waals surface area contributed by atoms with Gasteiger partial charge in [0.1, 0.15) is 17.7 Å². The summed E-state index contributed by atoms with van der Waals surface area (Å²) in [7, 11) is -3.50. The molecule has 2 aromatic rings. The van der Waals surface area contributed by atoms with E-state index in [0.29, 0.717) is 0 Å². The van der Waals surface area contributed by atoms with E-state index in [9.17, 15) is 8.42 Å². The van der Waals surface area contributed by atoms with Crippen molar-refractivity contribution in [1.82, 2.24) is 19.7 Å². The van der Waals surface area contributed by atoms with E-state index in [1.54, 1.807) is 30.9 Å². The third-order valence-electron chi connectivity index (χ3n) is 3.29. The van der Waals surface area contributed by atoms with Gasteiger partial charge >= 0.3 is 0 Å². The zero-order valence-corrected chi connectivity index (χ0v) is 15.4. The molecule has 0 aliphatic carbocycles. The zero-order chi connectivity index (χ0) is 17.4. The Morgan fingerprint density at radius 3 is 2.58 bits per heavy atom. The molecule has 1 atom stereocenters. The normalized spacial score (nSPS) is 18.7. The maximum atomic E-state index is 10.6. The number of hydrogen-bond donors (Lipinski definition) is 1. The van der Waals surface area contributed by atoms with Gasteiger partial charge in [-0.3, -0.25) is 9.58 Å². The number of nitrogens with zero attached hydrogens (tertiary/aromatic N) is 4. The predicted octanol–water partition coefficient (Wildman–Crippen LogP) is 0.665. The summed E-state index contributed by atoms with van der Waals surface area (Å²) in [6.45, 7) is 4.62. The Kier molecular flexibility index (Phi) is 7.31. The van der Waals surface area contributed by atoms with Crippen molar-refractivity contribution in [1.29, 1.82) is 0 Å². The van der Waals surface area contributed by atoms with Gasteiger partial charge in [0.05, 0.1) is 18.0 Å². The lowest BCUT2D eigenvalue weighted by Gasteiger charge is -2.29. The van der Waals surface area contributed by atoms with Crippen molar-refractivity contribution < 1.29 is 13.2 Å². The molecule has 1 aromatic carbocycles. The minimum absolute atomic E-state index is 0.148. The molecule has 8 nitrogen and oxygen atoms in total. The fourth-order valence-corrected chi connectivity index (χ4v) is 3.19. The summed E-state index contributed by atoms with van der Waals surface area (Å²) < 4.78 is 28.5. The summed E-state index contributed by atoms with van der Waals surface area (Å²) >= 11 is 3.45. The first-order valence-corrected chi connectivity index (χ1v) is 9.79. The molecule has 1 aliphatic heterocycles. The molecule has 0 bridgehead atoms. The third-order valence-corrected chi connectivity index (χ3v) is 4.77. The summed E-state index contributed by atoms with van der Waals surface area (Å²) in [4.78, 5) is 6.40. The second-order valence-corrected chi connectivity index (χ2v) is 7.68. The number of aromatic nitrogens is 3. The van der Waals surface area contributed by atoms with Gasteiger partial charge in [-0.2, -0.15) is 5.10 Å². The van der Waals surface area contributed by atoms with Crippen molar-refractivity contribution >= 4 is 26.0 Å². The van der Waals surface area contributed by atoms with Crippen LogP contribution in [0, 0.1) is 0 Å². The monoisotopic (exact) mass is 417 g/mol. The van der Waals surface area contributed by atoms with Crippen molar-refractivity contribution in [2.75, 3.05) is 26.2 Å². The van der Waals surface area contributed by atoms with Crippen LogP contribution >= 0.6 is 15.9 Å².